The van der Waals surface area contributed by atoms with E-state index in [1.807, 2.05) is 31.2 Å². The molecule has 8 nitrogen and oxygen atoms in total. The number of nitrogens with one attached hydrogen (secondary N) is 2. The summed E-state index contributed by atoms with van der Waals surface area (Å²) in [5, 5.41) is 5.62. The molecular weight excluding hydrogens is 422 g/mol. The van der Waals surface area contributed by atoms with Crippen molar-refractivity contribution < 1.29 is 23.5 Å². The topological polar surface area (TPSA) is 101 Å². The monoisotopic (exact) mass is 447 g/mol. The second-order valence-electron chi connectivity index (χ2n) is 7.85. The van der Waals surface area contributed by atoms with Gasteiger partial charge in [0, 0.05) is 24.3 Å². The molecule has 170 valence electrons. The van der Waals surface area contributed by atoms with Crippen LogP contribution in [-0.2, 0) is 20.9 Å². The first-order valence-electron chi connectivity index (χ1n) is 10.7. The first-order chi connectivity index (χ1) is 16.0. The Kier molecular flexibility index (Phi) is 6.73. The highest BCUT2D eigenvalue weighted by Gasteiger charge is 2.35. The maximum atomic E-state index is 12.5. The molecule has 2 N–H and O–H groups in total. The van der Waals surface area contributed by atoms with Gasteiger partial charge < -0.3 is 24.7 Å². The van der Waals surface area contributed by atoms with E-state index in [0.29, 0.717) is 30.3 Å². The van der Waals surface area contributed by atoms with Crippen molar-refractivity contribution in [3.05, 3.63) is 78.3 Å². The molecule has 0 unspecified atom stereocenters. The second kappa shape index (κ2) is 10.0. The van der Waals surface area contributed by atoms with Crippen LogP contribution in [0.3, 0.4) is 0 Å². The first kappa shape index (κ1) is 22.1. The zero-order chi connectivity index (χ0) is 23.2. The molecule has 1 aliphatic heterocycles. The minimum absolute atomic E-state index is 0.112. The molecule has 33 heavy (non-hydrogen) atoms. The lowest BCUT2D eigenvalue weighted by atomic mass is 10.1. The van der Waals surface area contributed by atoms with Gasteiger partial charge in [0.05, 0.1) is 18.7 Å². The summed E-state index contributed by atoms with van der Waals surface area (Å²) in [4.78, 5) is 38.6. The summed E-state index contributed by atoms with van der Waals surface area (Å²) in [6.07, 6.45) is 1.70. The average molecular weight is 447 g/mol. The molecule has 0 radical (unpaired) electrons. The molecule has 1 aliphatic rings. The zero-order valence-corrected chi connectivity index (χ0v) is 18.2. The number of nitrogens with zero attached hydrogens (tertiary/aromatic N) is 1. The number of furan rings is 1. The van der Waals surface area contributed by atoms with Gasteiger partial charge in [-0.1, -0.05) is 18.2 Å². The van der Waals surface area contributed by atoms with Crippen molar-refractivity contribution in [1.82, 2.24) is 5.32 Å². The maximum absolute atomic E-state index is 12.5. The van der Waals surface area contributed by atoms with E-state index in [1.165, 1.54) is 0 Å². The van der Waals surface area contributed by atoms with Gasteiger partial charge in [0.25, 0.3) is 5.91 Å². The Bertz CT molecular complexity index is 1130. The van der Waals surface area contributed by atoms with E-state index in [2.05, 4.69) is 10.6 Å². The van der Waals surface area contributed by atoms with E-state index in [0.717, 1.165) is 11.3 Å². The van der Waals surface area contributed by atoms with Crippen LogP contribution in [0.4, 0.5) is 11.4 Å². The Morgan fingerprint density at radius 1 is 1.09 bits per heavy atom. The van der Waals surface area contributed by atoms with Gasteiger partial charge in [-0.05, 0) is 55.0 Å². The number of anilines is 2. The highest BCUT2D eigenvalue weighted by molar-refractivity contribution is 6.00. The number of hydrogen-bond donors (Lipinski definition) is 2. The molecule has 1 atom stereocenters. The number of amides is 3. The van der Waals surface area contributed by atoms with Gasteiger partial charge in [0.15, 0.2) is 6.61 Å². The molecule has 0 spiro atoms. The first-order valence-corrected chi connectivity index (χ1v) is 10.7. The number of ether oxygens (including phenoxy) is 1. The number of hydrogen-bond acceptors (Lipinski definition) is 5. The lowest BCUT2D eigenvalue weighted by molar-refractivity contribution is -0.126. The zero-order valence-electron chi connectivity index (χ0n) is 18.2. The molecule has 3 aromatic rings. The van der Waals surface area contributed by atoms with Crippen molar-refractivity contribution in [3.63, 3.8) is 0 Å². The molecule has 1 fully saturated rings. The fraction of sp³-hybridized carbons (Fsp3) is 0.240. The molecule has 1 aromatic heterocycles. The van der Waals surface area contributed by atoms with Crippen molar-refractivity contribution in [3.8, 4) is 5.75 Å². The lowest BCUT2D eigenvalue weighted by Gasteiger charge is -2.17. The van der Waals surface area contributed by atoms with E-state index in [1.54, 1.807) is 47.6 Å². The summed E-state index contributed by atoms with van der Waals surface area (Å²) >= 11 is 0. The number of carbonyl (C=O) groups excluding carboxylic acids is 3. The Labute approximate surface area is 191 Å². The second-order valence-corrected chi connectivity index (χ2v) is 7.85. The third-order valence-corrected chi connectivity index (χ3v) is 5.45. The predicted octanol–water partition coefficient (Wildman–Crippen LogP) is 3.27. The van der Waals surface area contributed by atoms with Gasteiger partial charge in [0.1, 0.15) is 11.5 Å². The minimum Gasteiger partial charge on any atom is -0.484 e. The molecule has 8 heteroatoms. The van der Waals surface area contributed by atoms with Crippen LogP contribution in [0.25, 0.3) is 0 Å². The molecular formula is C25H25N3O5. The predicted molar refractivity (Wildman–Crippen MR) is 123 cm³/mol. The summed E-state index contributed by atoms with van der Waals surface area (Å²) in [5.41, 5.74) is 2.40. The third-order valence-electron chi connectivity index (χ3n) is 5.45. The van der Waals surface area contributed by atoms with E-state index in [4.69, 9.17) is 9.15 Å². The standard InChI is InChI=1S/C25H25N3O5/c1-17-5-2-3-7-22(17)27-23(29)16-33-20-10-8-19(9-11-20)28-15-18(13-24(28)30)25(31)26-14-21-6-4-12-32-21/h2-12,18H,13-16H2,1H3,(H,26,31)(H,27,29)/t18-/m0/s1. The van der Waals surface area contributed by atoms with Crippen LogP contribution in [0.1, 0.15) is 17.7 Å². The Hall–Kier alpha value is -4.07. The highest BCUT2D eigenvalue weighted by Crippen LogP contribution is 2.27. The van der Waals surface area contributed by atoms with Crippen LogP contribution in [0.2, 0.25) is 0 Å². The summed E-state index contributed by atoms with van der Waals surface area (Å²) in [6, 6.07) is 17.9. The minimum atomic E-state index is -0.423. The molecule has 1 saturated heterocycles. The highest BCUT2D eigenvalue weighted by atomic mass is 16.5. The summed E-state index contributed by atoms with van der Waals surface area (Å²) in [5.74, 6) is 0.201. The average Bonchev–Trinajstić information content (AvgIpc) is 3.48. The molecule has 3 amide bonds. The van der Waals surface area contributed by atoms with E-state index >= 15 is 0 Å². The van der Waals surface area contributed by atoms with Crippen molar-refractivity contribution in [2.75, 3.05) is 23.4 Å². The SMILES string of the molecule is Cc1ccccc1NC(=O)COc1ccc(N2C[C@@H](C(=O)NCc3ccco3)CC2=O)cc1. The number of carbonyl (C=O) groups is 3. The quantitative estimate of drug-likeness (QED) is 0.552. The van der Waals surface area contributed by atoms with Gasteiger partial charge in [-0.15, -0.1) is 0 Å². The fourth-order valence-corrected chi connectivity index (χ4v) is 3.64. The third kappa shape index (κ3) is 5.60. The van der Waals surface area contributed by atoms with Gasteiger partial charge in [-0.2, -0.15) is 0 Å². The van der Waals surface area contributed by atoms with Crippen LogP contribution >= 0.6 is 0 Å². The van der Waals surface area contributed by atoms with Gasteiger partial charge in [-0.3, -0.25) is 14.4 Å². The summed E-state index contributed by atoms with van der Waals surface area (Å²) in [6.45, 7) is 2.39. The molecule has 0 bridgehead atoms. The van der Waals surface area contributed by atoms with Crippen LogP contribution in [0.15, 0.2) is 71.3 Å². The molecule has 0 saturated carbocycles. The van der Waals surface area contributed by atoms with Crippen molar-refractivity contribution in [2.24, 2.45) is 5.92 Å². The molecule has 4 rings (SSSR count). The molecule has 0 aliphatic carbocycles. The summed E-state index contributed by atoms with van der Waals surface area (Å²) < 4.78 is 10.8. The van der Waals surface area contributed by atoms with E-state index in [-0.39, 0.29) is 30.7 Å². The van der Waals surface area contributed by atoms with Gasteiger partial charge >= 0.3 is 0 Å². The summed E-state index contributed by atoms with van der Waals surface area (Å²) in [7, 11) is 0. The van der Waals surface area contributed by atoms with Crippen LogP contribution in [0.5, 0.6) is 5.75 Å². The fourth-order valence-electron chi connectivity index (χ4n) is 3.64. The van der Waals surface area contributed by atoms with Crippen molar-refractivity contribution in [1.29, 1.82) is 0 Å². The molecule has 2 aromatic carbocycles. The van der Waals surface area contributed by atoms with E-state index < -0.39 is 5.92 Å². The van der Waals surface area contributed by atoms with Gasteiger partial charge in [-0.25, -0.2) is 0 Å². The number of aryl methyl sites for hydroxylation is 1. The number of rotatable bonds is 8. The Morgan fingerprint density at radius 3 is 2.61 bits per heavy atom. The largest absolute Gasteiger partial charge is 0.484 e. The lowest BCUT2D eigenvalue weighted by Crippen LogP contribution is -2.32. The Balaban J connectivity index is 1.27. The number of benzene rings is 2. The normalized spacial score (nSPS) is 15.4. The van der Waals surface area contributed by atoms with Crippen LogP contribution < -0.4 is 20.3 Å². The van der Waals surface area contributed by atoms with E-state index in [9.17, 15) is 14.4 Å². The van der Waals surface area contributed by atoms with Gasteiger partial charge in [0.2, 0.25) is 11.8 Å². The smallest absolute Gasteiger partial charge is 0.262 e. The van der Waals surface area contributed by atoms with Crippen LogP contribution in [0, 0.1) is 12.8 Å². The molecule has 2 heterocycles. The van der Waals surface area contributed by atoms with Crippen LogP contribution in [-0.4, -0.2) is 30.9 Å². The Morgan fingerprint density at radius 2 is 1.88 bits per heavy atom. The van der Waals surface area contributed by atoms with Crippen molar-refractivity contribution >= 4 is 29.1 Å². The number of para-hydroxylation sites is 1. The maximum Gasteiger partial charge on any atom is 0.262 e. The van der Waals surface area contributed by atoms with Crippen molar-refractivity contribution in [2.45, 2.75) is 19.9 Å².